The highest BCUT2D eigenvalue weighted by atomic mass is 32.2. The molecular formula is C17H17N5O3S. The molecule has 8 nitrogen and oxygen atoms in total. The molecule has 0 saturated carbocycles. The van der Waals surface area contributed by atoms with Crippen LogP contribution in [0.25, 0.3) is 5.69 Å². The number of amides is 1. The zero-order valence-electron chi connectivity index (χ0n) is 14.2. The molecule has 0 fully saturated rings. The first-order valence-electron chi connectivity index (χ1n) is 7.76. The topological polar surface area (TPSA) is 102 Å². The second-order valence-corrected chi connectivity index (χ2v) is 6.68. The van der Waals surface area contributed by atoms with Gasteiger partial charge in [-0.2, -0.15) is 4.68 Å². The molecule has 0 bridgehead atoms. The molecule has 2 N–H and O–H groups in total. The molecule has 1 heterocycles. The molecule has 3 rings (SSSR count). The van der Waals surface area contributed by atoms with E-state index in [-0.39, 0.29) is 11.7 Å². The van der Waals surface area contributed by atoms with E-state index >= 15 is 0 Å². The Hall–Kier alpha value is -3.07. The van der Waals surface area contributed by atoms with E-state index < -0.39 is 5.25 Å². The lowest BCUT2D eigenvalue weighted by molar-refractivity contribution is -0.115. The second-order valence-electron chi connectivity index (χ2n) is 5.37. The summed E-state index contributed by atoms with van der Waals surface area (Å²) in [5.41, 5.74) is 1.34. The number of carbonyl (C=O) groups excluding carboxylic acids is 1. The maximum atomic E-state index is 12.4. The van der Waals surface area contributed by atoms with E-state index in [4.69, 9.17) is 4.74 Å². The van der Waals surface area contributed by atoms with E-state index in [0.29, 0.717) is 22.3 Å². The molecule has 1 amide bonds. The summed E-state index contributed by atoms with van der Waals surface area (Å²) >= 11 is 1.23. The number of hydrogen-bond donors (Lipinski definition) is 2. The van der Waals surface area contributed by atoms with Gasteiger partial charge < -0.3 is 15.2 Å². The molecule has 26 heavy (non-hydrogen) atoms. The fraction of sp³-hybridized carbons (Fsp3) is 0.176. The molecule has 2 aromatic carbocycles. The van der Waals surface area contributed by atoms with Crippen LogP contribution in [0.5, 0.6) is 11.5 Å². The second kappa shape index (κ2) is 7.87. The Balaban J connectivity index is 1.70. The Morgan fingerprint density at radius 3 is 2.77 bits per heavy atom. The van der Waals surface area contributed by atoms with Gasteiger partial charge in [0.1, 0.15) is 11.5 Å². The summed E-state index contributed by atoms with van der Waals surface area (Å²) in [5, 5.41) is 23.9. The normalized spacial score (nSPS) is 11.8. The van der Waals surface area contributed by atoms with Gasteiger partial charge in [-0.05, 0) is 53.7 Å². The lowest BCUT2D eigenvalue weighted by Crippen LogP contribution is -2.22. The highest BCUT2D eigenvalue weighted by molar-refractivity contribution is 8.00. The Kier molecular flexibility index (Phi) is 5.37. The van der Waals surface area contributed by atoms with Crippen LogP contribution >= 0.6 is 11.8 Å². The number of benzene rings is 2. The summed E-state index contributed by atoms with van der Waals surface area (Å²) in [4.78, 5) is 12.4. The number of nitrogens with zero attached hydrogens (tertiary/aromatic N) is 4. The molecule has 134 valence electrons. The van der Waals surface area contributed by atoms with Crippen molar-refractivity contribution in [2.45, 2.75) is 17.3 Å². The van der Waals surface area contributed by atoms with Crippen molar-refractivity contribution >= 4 is 23.4 Å². The highest BCUT2D eigenvalue weighted by Crippen LogP contribution is 2.25. The molecule has 1 atom stereocenters. The number of aromatic hydroxyl groups is 1. The number of ether oxygens (including phenoxy) is 1. The van der Waals surface area contributed by atoms with Gasteiger partial charge in [0.2, 0.25) is 11.1 Å². The number of tetrazole rings is 1. The average molecular weight is 371 g/mol. The van der Waals surface area contributed by atoms with Crippen molar-refractivity contribution < 1.29 is 14.6 Å². The van der Waals surface area contributed by atoms with Crippen LogP contribution in [-0.2, 0) is 4.79 Å². The third kappa shape index (κ3) is 4.12. The fourth-order valence-corrected chi connectivity index (χ4v) is 2.97. The molecule has 3 aromatic rings. The van der Waals surface area contributed by atoms with Crippen molar-refractivity contribution in [1.82, 2.24) is 20.2 Å². The van der Waals surface area contributed by atoms with Gasteiger partial charge in [-0.25, -0.2) is 0 Å². The van der Waals surface area contributed by atoms with Crippen LogP contribution in [0.1, 0.15) is 6.92 Å². The summed E-state index contributed by atoms with van der Waals surface area (Å²) in [6.45, 7) is 1.77. The molecule has 1 aromatic heterocycles. The van der Waals surface area contributed by atoms with Crippen molar-refractivity contribution in [2.75, 3.05) is 12.4 Å². The minimum absolute atomic E-state index is 0.155. The Bertz CT molecular complexity index is 897. The number of rotatable bonds is 6. The largest absolute Gasteiger partial charge is 0.508 e. The zero-order valence-corrected chi connectivity index (χ0v) is 15.0. The third-order valence-corrected chi connectivity index (χ3v) is 4.56. The molecule has 0 aliphatic carbocycles. The lowest BCUT2D eigenvalue weighted by Gasteiger charge is -2.12. The predicted octanol–water partition coefficient (Wildman–Crippen LogP) is 2.50. The monoisotopic (exact) mass is 371 g/mol. The summed E-state index contributed by atoms with van der Waals surface area (Å²) in [5.74, 6) is 0.643. The van der Waals surface area contributed by atoms with Gasteiger partial charge in [0, 0.05) is 11.8 Å². The Morgan fingerprint density at radius 1 is 1.27 bits per heavy atom. The summed E-state index contributed by atoms with van der Waals surface area (Å²) in [6, 6.07) is 13.6. The van der Waals surface area contributed by atoms with Crippen LogP contribution < -0.4 is 10.1 Å². The van der Waals surface area contributed by atoms with Crippen molar-refractivity contribution in [3.63, 3.8) is 0 Å². The van der Waals surface area contributed by atoms with E-state index in [1.807, 2.05) is 0 Å². The maximum absolute atomic E-state index is 12.4. The summed E-state index contributed by atoms with van der Waals surface area (Å²) < 4.78 is 6.66. The van der Waals surface area contributed by atoms with Gasteiger partial charge in [-0.1, -0.05) is 17.8 Å². The van der Waals surface area contributed by atoms with Crippen LogP contribution in [0.3, 0.4) is 0 Å². The van der Waals surface area contributed by atoms with E-state index in [2.05, 4.69) is 20.8 Å². The van der Waals surface area contributed by atoms with Crippen LogP contribution in [0.2, 0.25) is 0 Å². The van der Waals surface area contributed by atoms with Gasteiger partial charge in [0.15, 0.2) is 0 Å². The number of hydrogen-bond acceptors (Lipinski definition) is 7. The molecular weight excluding hydrogens is 354 g/mol. The Labute approximate surface area is 154 Å². The van der Waals surface area contributed by atoms with Gasteiger partial charge in [-0.3, -0.25) is 4.79 Å². The molecule has 0 aliphatic rings. The summed E-state index contributed by atoms with van der Waals surface area (Å²) in [7, 11) is 1.57. The number of phenols is 1. The van der Waals surface area contributed by atoms with Gasteiger partial charge in [0.05, 0.1) is 18.0 Å². The molecule has 0 spiro atoms. The lowest BCUT2D eigenvalue weighted by atomic mass is 10.3. The first-order chi connectivity index (χ1) is 12.6. The maximum Gasteiger partial charge on any atom is 0.237 e. The predicted molar refractivity (Wildman–Crippen MR) is 97.8 cm³/mol. The van der Waals surface area contributed by atoms with Crippen LogP contribution in [0, 0.1) is 0 Å². The highest BCUT2D eigenvalue weighted by Gasteiger charge is 2.19. The number of anilines is 1. The molecule has 0 saturated heterocycles. The first kappa shape index (κ1) is 17.7. The standard InChI is InChI=1S/C17H17N5O3S/c1-11(16(24)18-12-4-3-5-15(10-12)25-2)26-17-19-20-21-22(17)13-6-8-14(23)9-7-13/h3-11,23H,1-2H3,(H,18,24)/t11-/m1/s1. The van der Waals surface area contributed by atoms with E-state index in [9.17, 15) is 9.90 Å². The SMILES string of the molecule is COc1cccc(NC(=O)[C@@H](C)Sc2nnnn2-c2ccc(O)cc2)c1. The van der Waals surface area contributed by atoms with Gasteiger partial charge >= 0.3 is 0 Å². The minimum atomic E-state index is -0.428. The van der Waals surface area contributed by atoms with Crippen LogP contribution in [-0.4, -0.2) is 43.6 Å². The van der Waals surface area contributed by atoms with Gasteiger partial charge in [0.25, 0.3) is 0 Å². The Morgan fingerprint density at radius 2 is 2.04 bits per heavy atom. The first-order valence-corrected chi connectivity index (χ1v) is 8.64. The van der Waals surface area contributed by atoms with Crippen LogP contribution in [0.4, 0.5) is 5.69 Å². The number of phenolic OH excluding ortho intramolecular Hbond substituents is 1. The quantitative estimate of drug-likeness (QED) is 0.642. The number of nitrogens with one attached hydrogen (secondary N) is 1. The third-order valence-electron chi connectivity index (χ3n) is 3.52. The minimum Gasteiger partial charge on any atom is -0.508 e. The smallest absolute Gasteiger partial charge is 0.237 e. The molecule has 0 radical (unpaired) electrons. The van der Waals surface area contributed by atoms with Crippen LogP contribution in [0.15, 0.2) is 53.7 Å². The number of methoxy groups -OCH3 is 1. The van der Waals surface area contributed by atoms with Crippen molar-refractivity contribution in [3.8, 4) is 17.2 Å². The zero-order chi connectivity index (χ0) is 18.5. The number of carbonyl (C=O) groups is 1. The van der Waals surface area contributed by atoms with E-state index in [1.54, 1.807) is 62.6 Å². The van der Waals surface area contributed by atoms with E-state index in [0.717, 1.165) is 0 Å². The number of aromatic nitrogens is 4. The summed E-state index contributed by atoms with van der Waals surface area (Å²) in [6.07, 6.45) is 0. The van der Waals surface area contributed by atoms with Gasteiger partial charge in [-0.15, -0.1) is 5.10 Å². The average Bonchev–Trinajstić information content (AvgIpc) is 3.10. The van der Waals surface area contributed by atoms with Crippen molar-refractivity contribution in [1.29, 1.82) is 0 Å². The molecule has 9 heteroatoms. The van der Waals surface area contributed by atoms with E-state index in [1.165, 1.54) is 16.4 Å². The van der Waals surface area contributed by atoms with Crippen molar-refractivity contribution in [2.24, 2.45) is 0 Å². The number of thioether (sulfide) groups is 1. The van der Waals surface area contributed by atoms with Crippen molar-refractivity contribution in [3.05, 3.63) is 48.5 Å². The molecule has 0 unspecified atom stereocenters. The fourth-order valence-electron chi connectivity index (χ4n) is 2.16. The molecule has 0 aliphatic heterocycles.